The molecule has 3 nitrogen and oxygen atoms in total. The molecule has 0 heterocycles. The Morgan fingerprint density at radius 2 is 1.67 bits per heavy atom. The summed E-state index contributed by atoms with van der Waals surface area (Å²) in [5.74, 6) is -0.110. The van der Waals surface area contributed by atoms with Gasteiger partial charge in [0.25, 0.3) is 0 Å². The van der Waals surface area contributed by atoms with Crippen LogP contribution in [-0.4, -0.2) is 13.5 Å². The topological polar surface area (TPSA) is 27.7 Å². The first kappa shape index (κ1) is 15.2. The molecule has 0 N–H and O–H groups in total. The molecule has 2 aromatic rings. The Bertz CT molecular complexity index is 582. The zero-order valence-corrected chi connectivity index (χ0v) is 11.1. The first-order chi connectivity index (χ1) is 9.99. The minimum Gasteiger partial charge on any atom is -0.453 e. The number of rotatable bonds is 5. The smallest absolute Gasteiger partial charge is 0.453 e. The van der Waals surface area contributed by atoms with Crippen molar-refractivity contribution >= 4 is 0 Å². The van der Waals surface area contributed by atoms with Gasteiger partial charge in [-0.1, -0.05) is 30.3 Å². The fourth-order valence-corrected chi connectivity index (χ4v) is 1.67. The Morgan fingerprint density at radius 1 is 0.952 bits per heavy atom. The number of halogens is 3. The molecule has 1 radical (unpaired) electrons. The van der Waals surface area contributed by atoms with E-state index in [1.54, 1.807) is 36.4 Å². The van der Waals surface area contributed by atoms with Crippen LogP contribution in [0.2, 0.25) is 0 Å². The molecule has 21 heavy (non-hydrogen) atoms. The van der Waals surface area contributed by atoms with Gasteiger partial charge in [-0.2, -0.15) is 0 Å². The van der Waals surface area contributed by atoms with Crippen molar-refractivity contribution in [3.05, 3.63) is 60.7 Å². The van der Waals surface area contributed by atoms with Crippen molar-refractivity contribution in [2.75, 3.05) is 7.11 Å². The van der Waals surface area contributed by atoms with E-state index in [1.165, 1.54) is 25.8 Å². The van der Waals surface area contributed by atoms with Crippen LogP contribution in [-0.2, 0) is 4.74 Å². The maximum absolute atomic E-state index is 12.5. The lowest BCUT2D eigenvalue weighted by molar-refractivity contribution is -0.275. The number of ether oxygens (including phenoxy) is 3. The molecule has 0 amide bonds. The molecule has 0 unspecified atom stereocenters. The van der Waals surface area contributed by atoms with Gasteiger partial charge >= 0.3 is 6.36 Å². The van der Waals surface area contributed by atoms with Crippen LogP contribution in [0.5, 0.6) is 17.2 Å². The van der Waals surface area contributed by atoms with Gasteiger partial charge < -0.3 is 14.2 Å². The fraction of sp³-hybridized carbons (Fsp3) is 0.133. The van der Waals surface area contributed by atoms with E-state index in [-0.39, 0.29) is 5.75 Å². The van der Waals surface area contributed by atoms with Gasteiger partial charge in [0.2, 0.25) is 0 Å². The highest BCUT2D eigenvalue weighted by Gasteiger charge is 2.33. The summed E-state index contributed by atoms with van der Waals surface area (Å²) in [6.07, 6.45) is -4.81. The second-order valence-corrected chi connectivity index (χ2v) is 3.99. The van der Waals surface area contributed by atoms with E-state index in [1.807, 2.05) is 0 Å². The van der Waals surface area contributed by atoms with Crippen LogP contribution in [0.3, 0.4) is 0 Å². The van der Waals surface area contributed by atoms with Gasteiger partial charge in [0.15, 0.2) is 11.5 Å². The van der Waals surface area contributed by atoms with E-state index in [4.69, 9.17) is 9.47 Å². The minimum atomic E-state index is -4.81. The largest absolute Gasteiger partial charge is 0.573 e. The van der Waals surface area contributed by atoms with Crippen LogP contribution in [0.4, 0.5) is 13.2 Å². The van der Waals surface area contributed by atoms with Crippen LogP contribution >= 0.6 is 0 Å². The molecule has 0 bridgehead atoms. The Hall–Kier alpha value is -2.21. The second kappa shape index (κ2) is 6.49. The SMILES string of the molecule is CO[CH]c1cccc(OC(F)(F)F)c1Oc1ccccc1. The average Bonchev–Trinajstić information content (AvgIpc) is 2.42. The maximum atomic E-state index is 12.5. The Labute approximate surface area is 119 Å². The van der Waals surface area contributed by atoms with Gasteiger partial charge in [-0.3, -0.25) is 0 Å². The van der Waals surface area contributed by atoms with E-state index in [2.05, 4.69) is 4.74 Å². The van der Waals surface area contributed by atoms with Crippen molar-refractivity contribution < 1.29 is 27.4 Å². The molecule has 0 fully saturated rings. The summed E-state index contributed by atoms with van der Waals surface area (Å²) in [4.78, 5) is 0. The third kappa shape index (κ3) is 4.39. The molecule has 2 aromatic carbocycles. The predicted molar refractivity (Wildman–Crippen MR) is 70.1 cm³/mol. The van der Waals surface area contributed by atoms with Crippen LogP contribution in [0.1, 0.15) is 5.56 Å². The van der Waals surface area contributed by atoms with E-state index in [0.717, 1.165) is 0 Å². The monoisotopic (exact) mass is 297 g/mol. The first-order valence-electron chi connectivity index (χ1n) is 5.97. The molecule has 0 saturated heterocycles. The fourth-order valence-electron chi connectivity index (χ4n) is 1.67. The van der Waals surface area contributed by atoms with E-state index < -0.39 is 12.1 Å². The molecule has 0 saturated carbocycles. The molecule has 111 valence electrons. The molecule has 6 heteroatoms. The van der Waals surface area contributed by atoms with Crippen LogP contribution in [0, 0.1) is 6.61 Å². The summed E-state index contributed by atoms with van der Waals surface area (Å²) >= 11 is 0. The van der Waals surface area contributed by atoms with E-state index >= 15 is 0 Å². The van der Waals surface area contributed by atoms with Gasteiger partial charge in [-0.25, -0.2) is 0 Å². The highest BCUT2D eigenvalue weighted by atomic mass is 19.4. The number of methoxy groups -OCH3 is 1. The highest BCUT2D eigenvalue weighted by molar-refractivity contribution is 5.51. The maximum Gasteiger partial charge on any atom is 0.573 e. The number of hydrogen-bond donors (Lipinski definition) is 0. The normalized spacial score (nSPS) is 11.2. The number of hydrogen-bond acceptors (Lipinski definition) is 3. The van der Waals surface area contributed by atoms with Gasteiger partial charge in [0.05, 0.1) is 0 Å². The van der Waals surface area contributed by atoms with Crippen molar-refractivity contribution in [1.29, 1.82) is 0 Å². The van der Waals surface area contributed by atoms with Crippen molar-refractivity contribution in [3.8, 4) is 17.2 Å². The van der Waals surface area contributed by atoms with E-state index in [0.29, 0.717) is 11.3 Å². The number of para-hydroxylation sites is 2. The van der Waals surface area contributed by atoms with E-state index in [9.17, 15) is 13.2 Å². The number of benzene rings is 2. The molecule has 0 atom stereocenters. The number of alkyl halides is 3. The standard InChI is InChI=1S/C15H12F3O3/c1-19-10-11-6-5-9-13(21-15(16,17)18)14(11)20-12-7-3-2-4-8-12/h2-10H,1H3. The van der Waals surface area contributed by atoms with Crippen molar-refractivity contribution in [1.82, 2.24) is 0 Å². The molecule has 0 aliphatic heterocycles. The molecule has 0 aliphatic rings. The summed E-state index contributed by atoms with van der Waals surface area (Å²) < 4.78 is 51.7. The zero-order chi connectivity index (χ0) is 15.3. The quantitative estimate of drug-likeness (QED) is 0.811. The van der Waals surface area contributed by atoms with Gasteiger partial charge in [-0.15, -0.1) is 13.2 Å². The summed E-state index contributed by atoms with van der Waals surface area (Å²) in [5.41, 5.74) is 0.336. The predicted octanol–water partition coefficient (Wildman–Crippen LogP) is 4.53. The summed E-state index contributed by atoms with van der Waals surface area (Å²) in [6, 6.07) is 12.6. The molecule has 0 aliphatic carbocycles. The van der Waals surface area contributed by atoms with Gasteiger partial charge in [-0.05, 0) is 18.2 Å². The van der Waals surface area contributed by atoms with Crippen molar-refractivity contribution in [2.45, 2.75) is 6.36 Å². The van der Waals surface area contributed by atoms with Crippen molar-refractivity contribution in [3.63, 3.8) is 0 Å². The summed E-state index contributed by atoms with van der Waals surface area (Å²) in [7, 11) is 1.39. The zero-order valence-electron chi connectivity index (χ0n) is 11.1. The third-order valence-electron chi connectivity index (χ3n) is 2.44. The molecule has 0 aromatic heterocycles. The average molecular weight is 297 g/mol. The Kier molecular flexibility index (Phi) is 4.70. The Morgan fingerprint density at radius 3 is 2.29 bits per heavy atom. The third-order valence-corrected chi connectivity index (χ3v) is 2.44. The molecular weight excluding hydrogens is 285 g/mol. The molecular formula is C15H12F3O3. The van der Waals surface area contributed by atoms with Crippen molar-refractivity contribution in [2.24, 2.45) is 0 Å². The van der Waals surface area contributed by atoms with Crippen LogP contribution in [0.25, 0.3) is 0 Å². The summed E-state index contributed by atoms with van der Waals surface area (Å²) in [6.45, 7) is 1.28. The second-order valence-electron chi connectivity index (χ2n) is 3.99. The summed E-state index contributed by atoms with van der Waals surface area (Å²) in [5, 5.41) is 0. The van der Waals surface area contributed by atoms with Crippen LogP contribution < -0.4 is 9.47 Å². The molecule has 2 rings (SSSR count). The lowest BCUT2D eigenvalue weighted by Crippen LogP contribution is -2.17. The van der Waals surface area contributed by atoms with Crippen LogP contribution in [0.15, 0.2) is 48.5 Å². The first-order valence-corrected chi connectivity index (χ1v) is 5.97. The lowest BCUT2D eigenvalue weighted by atomic mass is 10.2. The van der Waals surface area contributed by atoms with Gasteiger partial charge in [0, 0.05) is 12.7 Å². The lowest BCUT2D eigenvalue weighted by Gasteiger charge is -2.16. The Balaban J connectivity index is 2.38. The molecule has 0 spiro atoms. The highest BCUT2D eigenvalue weighted by Crippen LogP contribution is 2.38. The van der Waals surface area contributed by atoms with Gasteiger partial charge in [0.1, 0.15) is 12.4 Å². The minimum absolute atomic E-state index is 0.0668.